The third-order valence-electron chi connectivity index (χ3n) is 5.05. The van der Waals surface area contributed by atoms with E-state index in [1.165, 1.54) is 22.9 Å². The number of ether oxygens (including phenoxy) is 1. The molecule has 7 nitrogen and oxygen atoms in total. The number of hydrogen-bond acceptors (Lipinski definition) is 6. The van der Waals surface area contributed by atoms with Gasteiger partial charge in [0.15, 0.2) is 5.69 Å². The largest absolute Gasteiger partial charge is 0.456 e. The number of nitrogens with zero attached hydrogens (tertiary/aromatic N) is 2. The molecule has 0 N–H and O–H groups in total. The molecule has 4 aromatic rings. The van der Waals surface area contributed by atoms with Gasteiger partial charge in [0, 0.05) is 23.1 Å². The van der Waals surface area contributed by atoms with Gasteiger partial charge in [0.2, 0.25) is 0 Å². The Morgan fingerprint density at radius 1 is 1.00 bits per heavy atom. The SMILES string of the molecule is Cc1cc2oc(=O)cc(COC(=O)c3ccc(=O)n(Cc4ccccc4)n3)c2cc1C. The lowest BCUT2D eigenvalue weighted by atomic mass is 10.0. The van der Waals surface area contributed by atoms with Gasteiger partial charge in [-0.2, -0.15) is 5.10 Å². The molecule has 0 spiro atoms. The topological polar surface area (TPSA) is 91.4 Å². The Morgan fingerprint density at radius 3 is 2.52 bits per heavy atom. The molecule has 0 aliphatic heterocycles. The van der Waals surface area contributed by atoms with Gasteiger partial charge in [-0.1, -0.05) is 30.3 Å². The fourth-order valence-electron chi connectivity index (χ4n) is 3.25. The van der Waals surface area contributed by atoms with Crippen molar-refractivity contribution in [3.8, 4) is 0 Å². The van der Waals surface area contributed by atoms with Crippen LogP contribution in [0, 0.1) is 13.8 Å². The summed E-state index contributed by atoms with van der Waals surface area (Å²) in [5.41, 5.74) is 3.06. The molecule has 2 heterocycles. The predicted octanol–water partition coefficient (Wildman–Crippen LogP) is 3.37. The van der Waals surface area contributed by atoms with Crippen LogP contribution in [0.25, 0.3) is 11.0 Å². The van der Waals surface area contributed by atoms with Crippen molar-refractivity contribution in [1.29, 1.82) is 0 Å². The van der Waals surface area contributed by atoms with Crippen LogP contribution >= 0.6 is 0 Å². The van der Waals surface area contributed by atoms with E-state index in [1.54, 1.807) is 6.07 Å². The first kappa shape index (κ1) is 20.3. The highest BCUT2D eigenvalue weighted by molar-refractivity contribution is 5.87. The standard InChI is InChI=1S/C24H20N2O5/c1-15-10-19-18(12-23(28)31-21(19)11-16(15)2)14-30-24(29)20-8-9-22(27)26(25-20)13-17-6-4-3-5-7-17/h3-12H,13-14H2,1-2H3. The predicted molar refractivity (Wildman–Crippen MR) is 115 cm³/mol. The van der Waals surface area contributed by atoms with Crippen LogP contribution in [-0.2, 0) is 17.9 Å². The van der Waals surface area contributed by atoms with E-state index in [-0.39, 0.29) is 24.4 Å². The van der Waals surface area contributed by atoms with E-state index in [2.05, 4.69) is 5.10 Å². The Morgan fingerprint density at radius 2 is 1.74 bits per heavy atom. The van der Waals surface area contributed by atoms with Crippen LogP contribution in [0.15, 0.2) is 74.7 Å². The van der Waals surface area contributed by atoms with Crippen molar-refractivity contribution >= 4 is 16.9 Å². The zero-order chi connectivity index (χ0) is 22.0. The first-order chi connectivity index (χ1) is 14.9. The van der Waals surface area contributed by atoms with Crippen molar-refractivity contribution in [1.82, 2.24) is 9.78 Å². The molecule has 0 saturated carbocycles. The number of esters is 1. The average Bonchev–Trinajstić information content (AvgIpc) is 2.75. The maximum Gasteiger partial charge on any atom is 0.359 e. The van der Waals surface area contributed by atoms with Crippen LogP contribution in [0.2, 0.25) is 0 Å². The van der Waals surface area contributed by atoms with E-state index in [9.17, 15) is 14.4 Å². The van der Waals surface area contributed by atoms with Gasteiger partial charge >= 0.3 is 11.6 Å². The lowest BCUT2D eigenvalue weighted by Gasteiger charge is -2.10. The first-order valence-corrected chi connectivity index (χ1v) is 9.74. The minimum Gasteiger partial charge on any atom is -0.456 e. The summed E-state index contributed by atoms with van der Waals surface area (Å²) in [6.45, 7) is 4.00. The molecule has 0 saturated heterocycles. The molecule has 0 bridgehead atoms. The summed E-state index contributed by atoms with van der Waals surface area (Å²) < 4.78 is 11.9. The minimum absolute atomic E-state index is 0.00910. The van der Waals surface area contributed by atoms with Gasteiger partial charge < -0.3 is 9.15 Å². The van der Waals surface area contributed by atoms with E-state index in [1.807, 2.05) is 50.2 Å². The molecule has 2 aromatic carbocycles. The molecule has 31 heavy (non-hydrogen) atoms. The average molecular weight is 416 g/mol. The molecule has 7 heteroatoms. The summed E-state index contributed by atoms with van der Waals surface area (Å²) in [7, 11) is 0. The highest BCUT2D eigenvalue weighted by atomic mass is 16.5. The normalized spacial score (nSPS) is 10.9. The molecular weight excluding hydrogens is 396 g/mol. The monoisotopic (exact) mass is 416 g/mol. The van der Waals surface area contributed by atoms with Crippen molar-refractivity contribution in [2.45, 2.75) is 27.0 Å². The number of aromatic nitrogens is 2. The summed E-state index contributed by atoms with van der Waals surface area (Å²) in [5, 5.41) is 4.84. The van der Waals surface area contributed by atoms with Gasteiger partial charge in [0.05, 0.1) is 6.54 Å². The maximum absolute atomic E-state index is 12.6. The van der Waals surface area contributed by atoms with Gasteiger partial charge in [-0.3, -0.25) is 4.79 Å². The number of carbonyl (C=O) groups excluding carboxylic acids is 1. The van der Waals surface area contributed by atoms with E-state index >= 15 is 0 Å². The lowest BCUT2D eigenvalue weighted by Crippen LogP contribution is -2.25. The second kappa shape index (κ2) is 8.39. The quantitative estimate of drug-likeness (QED) is 0.366. The van der Waals surface area contributed by atoms with Crippen LogP contribution in [0.3, 0.4) is 0 Å². The van der Waals surface area contributed by atoms with Crippen LogP contribution < -0.4 is 11.2 Å². The third kappa shape index (κ3) is 4.45. The zero-order valence-electron chi connectivity index (χ0n) is 17.1. The molecule has 0 atom stereocenters. The van der Waals surface area contributed by atoms with Crippen molar-refractivity contribution in [2.75, 3.05) is 0 Å². The molecular formula is C24H20N2O5. The van der Waals surface area contributed by atoms with E-state index in [0.717, 1.165) is 16.7 Å². The van der Waals surface area contributed by atoms with Gasteiger partial charge in [0.25, 0.3) is 5.56 Å². The zero-order valence-corrected chi connectivity index (χ0v) is 17.1. The summed E-state index contributed by atoms with van der Waals surface area (Å²) in [4.78, 5) is 36.6. The highest BCUT2D eigenvalue weighted by Crippen LogP contribution is 2.22. The second-order valence-corrected chi connectivity index (χ2v) is 7.30. The molecule has 156 valence electrons. The molecule has 0 unspecified atom stereocenters. The first-order valence-electron chi connectivity index (χ1n) is 9.74. The van der Waals surface area contributed by atoms with Crippen molar-refractivity contribution < 1.29 is 13.9 Å². The molecule has 0 aliphatic carbocycles. The van der Waals surface area contributed by atoms with Gasteiger partial charge in [-0.15, -0.1) is 0 Å². The van der Waals surface area contributed by atoms with Crippen molar-refractivity contribution in [3.05, 3.63) is 109 Å². The smallest absolute Gasteiger partial charge is 0.359 e. The Kier molecular flexibility index (Phi) is 5.49. The van der Waals surface area contributed by atoms with Crippen LogP contribution in [-0.4, -0.2) is 15.7 Å². The minimum atomic E-state index is -0.688. The van der Waals surface area contributed by atoms with Crippen LogP contribution in [0.1, 0.15) is 32.7 Å². The number of aryl methyl sites for hydroxylation is 2. The molecule has 0 amide bonds. The van der Waals surface area contributed by atoms with Crippen molar-refractivity contribution in [3.63, 3.8) is 0 Å². The Labute approximate surface area is 177 Å². The van der Waals surface area contributed by atoms with E-state index in [4.69, 9.17) is 9.15 Å². The second-order valence-electron chi connectivity index (χ2n) is 7.30. The van der Waals surface area contributed by atoms with Crippen LogP contribution in [0.5, 0.6) is 0 Å². The van der Waals surface area contributed by atoms with Gasteiger partial charge in [-0.25, -0.2) is 14.3 Å². The fraction of sp³-hybridized carbons (Fsp3) is 0.167. The molecule has 2 aromatic heterocycles. The molecule has 0 radical (unpaired) electrons. The fourth-order valence-corrected chi connectivity index (χ4v) is 3.25. The van der Waals surface area contributed by atoms with Gasteiger partial charge in [-0.05, 0) is 48.7 Å². The Bertz CT molecular complexity index is 1390. The lowest BCUT2D eigenvalue weighted by molar-refractivity contribution is 0.0463. The number of fused-ring (bicyclic) bond motifs is 1. The third-order valence-corrected chi connectivity index (χ3v) is 5.05. The summed E-state index contributed by atoms with van der Waals surface area (Å²) >= 11 is 0. The number of rotatable bonds is 5. The number of carbonyl (C=O) groups is 1. The van der Waals surface area contributed by atoms with E-state index in [0.29, 0.717) is 16.5 Å². The van der Waals surface area contributed by atoms with Gasteiger partial charge in [0.1, 0.15) is 12.2 Å². The highest BCUT2D eigenvalue weighted by Gasteiger charge is 2.14. The molecule has 4 rings (SSSR count). The maximum atomic E-state index is 12.6. The summed E-state index contributed by atoms with van der Waals surface area (Å²) in [5.74, 6) is -0.688. The molecule has 0 fully saturated rings. The van der Waals surface area contributed by atoms with Crippen LogP contribution in [0.4, 0.5) is 0 Å². The van der Waals surface area contributed by atoms with Crippen molar-refractivity contribution in [2.24, 2.45) is 0 Å². The Balaban J connectivity index is 1.57. The number of benzene rings is 2. The van der Waals surface area contributed by atoms with E-state index < -0.39 is 11.6 Å². The Hall–Kier alpha value is -4.00. The number of hydrogen-bond donors (Lipinski definition) is 0. The summed E-state index contributed by atoms with van der Waals surface area (Å²) in [6, 6.07) is 17.0. The summed E-state index contributed by atoms with van der Waals surface area (Å²) in [6.07, 6.45) is 0. The molecule has 0 aliphatic rings.